The van der Waals surface area contributed by atoms with E-state index in [1.165, 1.54) is 6.39 Å². The second-order valence-corrected chi connectivity index (χ2v) is 3.77. The lowest BCUT2D eigenvalue weighted by Crippen LogP contribution is -2.21. The summed E-state index contributed by atoms with van der Waals surface area (Å²) < 4.78 is 4.58. The lowest BCUT2D eigenvalue weighted by atomic mass is 9.91. The Balaban J connectivity index is 2.15. The molecule has 0 aromatic carbocycles. The molecule has 14 heavy (non-hydrogen) atoms. The van der Waals surface area contributed by atoms with E-state index in [2.05, 4.69) is 26.0 Å². The molecule has 0 fully saturated rings. The molecular formula is C9H14N4O. The first kappa shape index (κ1) is 10.7. The maximum absolute atomic E-state index is 8.76. The molecule has 0 unspecified atom stereocenters. The molecule has 76 valence electrons. The summed E-state index contributed by atoms with van der Waals surface area (Å²) in [5.74, 6) is 0.639. The van der Waals surface area contributed by atoms with Crippen LogP contribution in [-0.4, -0.2) is 16.7 Å². The van der Waals surface area contributed by atoms with Crippen molar-refractivity contribution < 1.29 is 4.52 Å². The van der Waals surface area contributed by atoms with Crippen molar-refractivity contribution in [3.8, 4) is 6.07 Å². The van der Waals surface area contributed by atoms with E-state index >= 15 is 0 Å². The van der Waals surface area contributed by atoms with Crippen molar-refractivity contribution in [2.75, 3.05) is 6.54 Å². The number of nitriles is 1. The Labute approximate surface area is 83.1 Å². The Kier molecular flexibility index (Phi) is 3.60. The van der Waals surface area contributed by atoms with Gasteiger partial charge in [0, 0.05) is 0 Å². The van der Waals surface area contributed by atoms with Crippen molar-refractivity contribution in [2.45, 2.75) is 26.8 Å². The molecule has 0 bridgehead atoms. The predicted octanol–water partition coefficient (Wildman–Crippen LogP) is 1.10. The van der Waals surface area contributed by atoms with Crippen LogP contribution in [0.4, 0.5) is 0 Å². The molecule has 0 aliphatic heterocycles. The van der Waals surface area contributed by atoms with E-state index in [1.54, 1.807) is 0 Å². The molecule has 0 amide bonds. The molecule has 1 aromatic heterocycles. The number of hydrogen-bond acceptors (Lipinski definition) is 5. The van der Waals surface area contributed by atoms with Gasteiger partial charge in [-0.25, -0.2) is 0 Å². The lowest BCUT2D eigenvalue weighted by Gasteiger charge is -2.14. The summed E-state index contributed by atoms with van der Waals surface area (Å²) in [6.07, 6.45) is 2.11. The highest BCUT2D eigenvalue weighted by Gasteiger charge is 2.15. The van der Waals surface area contributed by atoms with E-state index in [0.717, 1.165) is 13.0 Å². The van der Waals surface area contributed by atoms with Crippen LogP contribution < -0.4 is 5.32 Å². The van der Waals surface area contributed by atoms with Crippen LogP contribution in [-0.2, 0) is 6.54 Å². The summed E-state index contributed by atoms with van der Waals surface area (Å²) in [5.41, 5.74) is -0.274. The normalized spacial score (nSPS) is 11.2. The van der Waals surface area contributed by atoms with Crippen LogP contribution in [0.3, 0.4) is 0 Å². The van der Waals surface area contributed by atoms with Gasteiger partial charge in [0.15, 0.2) is 5.82 Å². The van der Waals surface area contributed by atoms with Gasteiger partial charge < -0.3 is 9.84 Å². The smallest absolute Gasteiger partial charge is 0.213 e. The quantitative estimate of drug-likeness (QED) is 0.710. The minimum absolute atomic E-state index is 0.274. The fourth-order valence-corrected chi connectivity index (χ4v) is 0.927. The summed E-state index contributed by atoms with van der Waals surface area (Å²) in [7, 11) is 0. The molecule has 0 saturated heterocycles. The minimum Gasteiger partial charge on any atom is -0.343 e. The first-order valence-corrected chi connectivity index (χ1v) is 4.51. The van der Waals surface area contributed by atoms with Gasteiger partial charge in [-0.15, -0.1) is 0 Å². The van der Waals surface area contributed by atoms with Crippen LogP contribution in [0, 0.1) is 16.7 Å². The summed E-state index contributed by atoms with van der Waals surface area (Å²) in [6, 6.07) is 2.25. The topological polar surface area (TPSA) is 74.7 Å². The summed E-state index contributed by atoms with van der Waals surface area (Å²) >= 11 is 0. The van der Waals surface area contributed by atoms with Crippen molar-refractivity contribution in [2.24, 2.45) is 5.41 Å². The molecule has 5 heteroatoms. The molecule has 0 saturated carbocycles. The Morgan fingerprint density at radius 1 is 1.64 bits per heavy atom. The van der Waals surface area contributed by atoms with Crippen LogP contribution in [0.5, 0.6) is 0 Å². The Hall–Kier alpha value is -1.41. The standard InChI is InChI=1S/C9H14N4O/c1-9(2,6-10)3-4-11-5-8-12-7-14-13-8/h7,11H,3-5H2,1-2H3. The van der Waals surface area contributed by atoms with Gasteiger partial charge in [-0.1, -0.05) is 5.16 Å². The van der Waals surface area contributed by atoms with Gasteiger partial charge in [-0.3, -0.25) is 0 Å². The molecule has 5 nitrogen and oxygen atoms in total. The number of nitrogens with zero attached hydrogens (tertiary/aromatic N) is 3. The van der Waals surface area contributed by atoms with Gasteiger partial charge in [-0.05, 0) is 26.8 Å². The average Bonchev–Trinajstić information content (AvgIpc) is 2.65. The Bertz CT molecular complexity index is 299. The van der Waals surface area contributed by atoms with E-state index in [-0.39, 0.29) is 5.41 Å². The number of hydrogen-bond donors (Lipinski definition) is 1. The first-order chi connectivity index (χ1) is 6.64. The molecule has 0 radical (unpaired) electrons. The monoisotopic (exact) mass is 194 g/mol. The Morgan fingerprint density at radius 3 is 3.00 bits per heavy atom. The molecule has 1 heterocycles. The van der Waals surface area contributed by atoms with Crippen molar-refractivity contribution in [1.29, 1.82) is 5.26 Å². The minimum atomic E-state index is -0.274. The van der Waals surface area contributed by atoms with Gasteiger partial charge >= 0.3 is 0 Å². The lowest BCUT2D eigenvalue weighted by molar-refractivity contribution is 0.401. The van der Waals surface area contributed by atoms with E-state index in [9.17, 15) is 0 Å². The third kappa shape index (κ3) is 3.54. The zero-order chi connectivity index (χ0) is 10.4. The predicted molar refractivity (Wildman–Crippen MR) is 50.0 cm³/mol. The summed E-state index contributed by atoms with van der Waals surface area (Å²) in [6.45, 7) is 5.19. The van der Waals surface area contributed by atoms with Crippen molar-refractivity contribution in [3.63, 3.8) is 0 Å². The second kappa shape index (κ2) is 4.72. The van der Waals surface area contributed by atoms with E-state index in [4.69, 9.17) is 5.26 Å². The van der Waals surface area contributed by atoms with E-state index in [0.29, 0.717) is 12.4 Å². The van der Waals surface area contributed by atoms with Gasteiger partial charge in [0.2, 0.25) is 6.39 Å². The van der Waals surface area contributed by atoms with Gasteiger partial charge in [0.05, 0.1) is 18.0 Å². The van der Waals surface area contributed by atoms with Crippen LogP contribution >= 0.6 is 0 Å². The maximum Gasteiger partial charge on any atom is 0.213 e. The van der Waals surface area contributed by atoms with E-state index < -0.39 is 0 Å². The molecule has 1 N–H and O–H groups in total. The molecule has 1 aromatic rings. The molecule has 0 spiro atoms. The molecular weight excluding hydrogens is 180 g/mol. The highest BCUT2D eigenvalue weighted by Crippen LogP contribution is 2.16. The maximum atomic E-state index is 8.76. The summed E-state index contributed by atoms with van der Waals surface area (Å²) in [5, 5.41) is 15.6. The Morgan fingerprint density at radius 2 is 2.43 bits per heavy atom. The number of aromatic nitrogens is 2. The zero-order valence-corrected chi connectivity index (χ0v) is 8.45. The largest absolute Gasteiger partial charge is 0.343 e. The molecule has 0 aliphatic rings. The highest BCUT2D eigenvalue weighted by molar-refractivity contribution is 4.91. The average molecular weight is 194 g/mol. The van der Waals surface area contributed by atoms with Crippen molar-refractivity contribution >= 4 is 0 Å². The number of nitrogens with one attached hydrogen (secondary N) is 1. The highest BCUT2D eigenvalue weighted by atomic mass is 16.5. The van der Waals surface area contributed by atoms with Crippen LogP contribution in [0.15, 0.2) is 10.9 Å². The van der Waals surface area contributed by atoms with Crippen molar-refractivity contribution in [1.82, 2.24) is 15.5 Å². The zero-order valence-electron chi connectivity index (χ0n) is 8.45. The molecule has 1 rings (SSSR count). The van der Waals surface area contributed by atoms with Crippen LogP contribution in [0.1, 0.15) is 26.1 Å². The van der Waals surface area contributed by atoms with Gasteiger partial charge in [0.25, 0.3) is 0 Å². The third-order valence-electron chi connectivity index (χ3n) is 1.92. The first-order valence-electron chi connectivity index (χ1n) is 4.51. The third-order valence-corrected chi connectivity index (χ3v) is 1.92. The molecule has 0 atom stereocenters. The summed E-state index contributed by atoms with van der Waals surface area (Å²) in [4.78, 5) is 3.87. The van der Waals surface area contributed by atoms with Crippen LogP contribution in [0.2, 0.25) is 0 Å². The van der Waals surface area contributed by atoms with Gasteiger partial charge in [0.1, 0.15) is 0 Å². The second-order valence-electron chi connectivity index (χ2n) is 3.77. The van der Waals surface area contributed by atoms with Crippen molar-refractivity contribution in [3.05, 3.63) is 12.2 Å². The van der Waals surface area contributed by atoms with Gasteiger partial charge in [-0.2, -0.15) is 10.2 Å². The fraction of sp³-hybridized carbons (Fsp3) is 0.667. The fourth-order valence-electron chi connectivity index (χ4n) is 0.927. The van der Waals surface area contributed by atoms with Crippen LogP contribution in [0.25, 0.3) is 0 Å². The number of rotatable bonds is 5. The molecule has 0 aliphatic carbocycles. The van der Waals surface area contributed by atoms with E-state index in [1.807, 2.05) is 13.8 Å². The SMILES string of the molecule is CC(C)(C#N)CCNCc1ncon1.